The summed E-state index contributed by atoms with van der Waals surface area (Å²) in [4.78, 5) is 1.68. The van der Waals surface area contributed by atoms with Crippen LogP contribution in [0.1, 0.15) is 12.5 Å². The second-order valence-corrected chi connectivity index (χ2v) is 7.62. The van der Waals surface area contributed by atoms with Crippen molar-refractivity contribution in [2.75, 3.05) is 36.8 Å². The van der Waals surface area contributed by atoms with Gasteiger partial charge >= 0.3 is 6.18 Å². The van der Waals surface area contributed by atoms with E-state index in [2.05, 4.69) is 0 Å². The second-order valence-electron chi connectivity index (χ2n) is 4.95. The summed E-state index contributed by atoms with van der Waals surface area (Å²) in [6.45, 7) is 2.65. The van der Waals surface area contributed by atoms with Crippen molar-refractivity contribution >= 4 is 27.3 Å². The molecule has 0 aliphatic carbocycles. The molecule has 2 rings (SSSR count). The summed E-state index contributed by atoms with van der Waals surface area (Å²) in [6, 6.07) is 3.16. The highest BCUT2D eigenvalue weighted by atomic mass is 35.5. The van der Waals surface area contributed by atoms with Gasteiger partial charge in [0.25, 0.3) is 0 Å². The fourth-order valence-corrected chi connectivity index (χ4v) is 3.64. The van der Waals surface area contributed by atoms with E-state index in [9.17, 15) is 21.6 Å². The Morgan fingerprint density at radius 1 is 1.18 bits per heavy atom. The lowest BCUT2D eigenvalue weighted by molar-refractivity contribution is -0.137. The lowest BCUT2D eigenvalue weighted by Crippen LogP contribution is -2.49. The molecule has 0 amide bonds. The fourth-order valence-electron chi connectivity index (χ4n) is 2.32. The van der Waals surface area contributed by atoms with Crippen LogP contribution in [0.3, 0.4) is 0 Å². The molecule has 0 aromatic heterocycles. The number of halogens is 4. The number of rotatable bonds is 3. The molecule has 1 aliphatic heterocycles. The van der Waals surface area contributed by atoms with Gasteiger partial charge in [-0.1, -0.05) is 11.6 Å². The van der Waals surface area contributed by atoms with Crippen molar-refractivity contribution in [3.63, 3.8) is 0 Å². The molecule has 1 saturated heterocycles. The second kappa shape index (κ2) is 6.25. The normalized spacial score (nSPS) is 17.8. The van der Waals surface area contributed by atoms with E-state index in [0.717, 1.165) is 12.1 Å². The van der Waals surface area contributed by atoms with Gasteiger partial charge in [-0.05, 0) is 25.1 Å². The highest BCUT2D eigenvalue weighted by Gasteiger charge is 2.32. The molecule has 0 unspecified atom stereocenters. The molecule has 124 valence electrons. The smallest absolute Gasteiger partial charge is 0.368 e. The molecule has 1 fully saturated rings. The van der Waals surface area contributed by atoms with Crippen LogP contribution >= 0.6 is 11.6 Å². The van der Waals surface area contributed by atoms with Crippen LogP contribution in [0.4, 0.5) is 18.9 Å². The summed E-state index contributed by atoms with van der Waals surface area (Å²) in [5.41, 5.74) is -0.486. The quantitative estimate of drug-likeness (QED) is 0.836. The number of anilines is 1. The number of hydrogen-bond acceptors (Lipinski definition) is 3. The van der Waals surface area contributed by atoms with Crippen molar-refractivity contribution in [1.29, 1.82) is 0 Å². The third-order valence-electron chi connectivity index (χ3n) is 3.61. The lowest BCUT2D eigenvalue weighted by atomic mass is 10.1. The average molecular weight is 357 g/mol. The molecule has 0 atom stereocenters. The van der Waals surface area contributed by atoms with Gasteiger partial charge in [-0.25, -0.2) is 8.42 Å². The molecule has 1 aromatic carbocycles. The predicted molar refractivity (Wildman–Crippen MR) is 79.7 cm³/mol. The van der Waals surface area contributed by atoms with E-state index in [4.69, 9.17) is 11.6 Å². The molecular formula is C13H16ClF3N2O2S. The van der Waals surface area contributed by atoms with Crippen molar-refractivity contribution < 1.29 is 21.6 Å². The van der Waals surface area contributed by atoms with Crippen LogP contribution < -0.4 is 4.90 Å². The largest absolute Gasteiger partial charge is 0.416 e. The summed E-state index contributed by atoms with van der Waals surface area (Å²) >= 11 is 5.99. The van der Waals surface area contributed by atoms with E-state index in [1.165, 1.54) is 10.4 Å². The molecule has 0 N–H and O–H groups in total. The molecule has 9 heteroatoms. The summed E-state index contributed by atoms with van der Waals surface area (Å²) in [6.07, 6.45) is -4.44. The predicted octanol–water partition coefficient (Wildman–Crippen LogP) is 2.83. The van der Waals surface area contributed by atoms with Gasteiger partial charge < -0.3 is 4.90 Å². The Morgan fingerprint density at radius 2 is 1.77 bits per heavy atom. The number of benzene rings is 1. The number of alkyl halides is 3. The zero-order valence-corrected chi connectivity index (χ0v) is 13.5. The first-order chi connectivity index (χ1) is 10.1. The van der Waals surface area contributed by atoms with E-state index in [-0.39, 0.29) is 29.6 Å². The molecule has 1 aromatic rings. The van der Waals surface area contributed by atoms with E-state index < -0.39 is 21.8 Å². The summed E-state index contributed by atoms with van der Waals surface area (Å²) in [5.74, 6) is 0.0112. The number of piperazine rings is 1. The first-order valence-corrected chi connectivity index (χ1v) is 8.73. The SMILES string of the molecule is CCS(=O)(=O)N1CCN(c2cc(C(F)(F)F)ccc2Cl)CC1. The molecule has 0 radical (unpaired) electrons. The van der Waals surface area contributed by atoms with E-state index in [0.29, 0.717) is 13.1 Å². The fraction of sp³-hybridized carbons (Fsp3) is 0.538. The van der Waals surface area contributed by atoms with Gasteiger partial charge in [0.15, 0.2) is 0 Å². The Hall–Kier alpha value is -0.990. The maximum atomic E-state index is 12.8. The van der Waals surface area contributed by atoms with E-state index in [1.54, 1.807) is 11.8 Å². The van der Waals surface area contributed by atoms with Gasteiger partial charge in [0.05, 0.1) is 22.0 Å². The van der Waals surface area contributed by atoms with Crippen LogP contribution in [-0.2, 0) is 16.2 Å². The van der Waals surface area contributed by atoms with Crippen LogP contribution in [0.25, 0.3) is 0 Å². The van der Waals surface area contributed by atoms with Crippen LogP contribution in [-0.4, -0.2) is 44.7 Å². The Morgan fingerprint density at radius 3 is 2.27 bits per heavy atom. The molecule has 0 saturated carbocycles. The topological polar surface area (TPSA) is 40.6 Å². The molecule has 22 heavy (non-hydrogen) atoms. The zero-order chi connectivity index (χ0) is 16.5. The van der Waals surface area contributed by atoms with Gasteiger partial charge in [0.2, 0.25) is 10.0 Å². The van der Waals surface area contributed by atoms with Crippen molar-refractivity contribution in [1.82, 2.24) is 4.31 Å². The molecule has 0 spiro atoms. The van der Waals surface area contributed by atoms with Crippen LogP contribution in [0, 0.1) is 0 Å². The Bertz CT molecular complexity index is 641. The standard InChI is InChI=1S/C13H16ClF3N2O2S/c1-2-22(20,21)19-7-5-18(6-8-19)12-9-10(13(15,16)17)3-4-11(12)14/h3-4,9H,2,5-8H2,1H3. The van der Waals surface area contributed by atoms with Gasteiger partial charge in [-0.3, -0.25) is 0 Å². The monoisotopic (exact) mass is 356 g/mol. The van der Waals surface area contributed by atoms with E-state index in [1.807, 2.05) is 0 Å². The minimum Gasteiger partial charge on any atom is -0.368 e. The lowest BCUT2D eigenvalue weighted by Gasteiger charge is -2.35. The average Bonchev–Trinajstić information content (AvgIpc) is 2.46. The van der Waals surface area contributed by atoms with Crippen LogP contribution in [0.5, 0.6) is 0 Å². The Labute approximate surface area is 132 Å². The Balaban J connectivity index is 2.18. The van der Waals surface area contributed by atoms with E-state index >= 15 is 0 Å². The van der Waals surface area contributed by atoms with Crippen molar-refractivity contribution in [2.24, 2.45) is 0 Å². The first kappa shape index (κ1) is 17.4. The van der Waals surface area contributed by atoms with Crippen LogP contribution in [0.15, 0.2) is 18.2 Å². The summed E-state index contributed by atoms with van der Waals surface area (Å²) < 4.78 is 63.3. The number of nitrogens with zero attached hydrogens (tertiary/aromatic N) is 2. The first-order valence-electron chi connectivity index (χ1n) is 6.74. The Kier molecular flexibility index (Phi) is 4.93. The molecule has 1 aliphatic rings. The van der Waals surface area contributed by atoms with Crippen molar-refractivity contribution in [2.45, 2.75) is 13.1 Å². The molecular weight excluding hydrogens is 341 g/mol. The minimum atomic E-state index is -4.44. The van der Waals surface area contributed by atoms with Gasteiger partial charge in [0.1, 0.15) is 0 Å². The van der Waals surface area contributed by atoms with Gasteiger partial charge in [-0.2, -0.15) is 17.5 Å². The van der Waals surface area contributed by atoms with Gasteiger partial charge in [-0.15, -0.1) is 0 Å². The summed E-state index contributed by atoms with van der Waals surface area (Å²) in [5, 5.41) is 0.222. The molecule has 0 bridgehead atoms. The number of hydrogen-bond donors (Lipinski definition) is 0. The van der Waals surface area contributed by atoms with Crippen molar-refractivity contribution in [3.05, 3.63) is 28.8 Å². The van der Waals surface area contributed by atoms with Gasteiger partial charge in [0, 0.05) is 26.2 Å². The maximum Gasteiger partial charge on any atom is 0.416 e. The number of sulfonamides is 1. The highest BCUT2D eigenvalue weighted by molar-refractivity contribution is 7.89. The highest BCUT2D eigenvalue weighted by Crippen LogP contribution is 2.35. The zero-order valence-electron chi connectivity index (χ0n) is 11.9. The third-order valence-corrected chi connectivity index (χ3v) is 5.81. The molecule has 1 heterocycles. The maximum absolute atomic E-state index is 12.8. The van der Waals surface area contributed by atoms with Crippen molar-refractivity contribution in [3.8, 4) is 0 Å². The van der Waals surface area contributed by atoms with Crippen LogP contribution in [0.2, 0.25) is 5.02 Å². The minimum absolute atomic E-state index is 0.0112. The third kappa shape index (κ3) is 3.67. The molecule has 4 nitrogen and oxygen atoms in total. The summed E-state index contributed by atoms with van der Waals surface area (Å²) in [7, 11) is -3.27.